The molecule has 0 aliphatic carbocycles. The number of benzene rings is 1. The first-order valence-corrected chi connectivity index (χ1v) is 8.09. The lowest BCUT2D eigenvalue weighted by Gasteiger charge is -2.39. The van der Waals surface area contributed by atoms with Crippen molar-refractivity contribution in [2.24, 2.45) is 5.73 Å². The average molecular weight is 275 g/mol. The maximum atomic E-state index is 6.36. The fourth-order valence-electron chi connectivity index (χ4n) is 3.19. The first-order valence-electron chi connectivity index (χ1n) is 8.09. The molecule has 0 bridgehead atoms. The highest BCUT2D eigenvalue weighted by molar-refractivity contribution is 5.41. The average Bonchev–Trinajstić information content (AvgIpc) is 2.39. The zero-order chi connectivity index (χ0) is 14.6. The molecule has 2 heteroatoms. The van der Waals surface area contributed by atoms with Gasteiger partial charge in [-0.05, 0) is 32.8 Å². The molecular weight excluding hydrogens is 246 g/mol. The third kappa shape index (κ3) is 3.76. The van der Waals surface area contributed by atoms with E-state index in [1.807, 2.05) is 0 Å². The van der Waals surface area contributed by atoms with Crippen molar-refractivity contribution in [3.63, 3.8) is 0 Å². The summed E-state index contributed by atoms with van der Waals surface area (Å²) in [5, 5.41) is 0. The second-order valence-corrected chi connectivity index (χ2v) is 6.57. The van der Waals surface area contributed by atoms with Gasteiger partial charge in [-0.15, -0.1) is 0 Å². The van der Waals surface area contributed by atoms with E-state index in [0.717, 1.165) is 18.6 Å². The quantitative estimate of drug-likeness (QED) is 0.750. The molecule has 0 aromatic heterocycles. The number of rotatable bonds is 6. The Morgan fingerprint density at radius 2 is 2.00 bits per heavy atom. The minimum atomic E-state index is -0.0894. The highest BCUT2D eigenvalue weighted by Crippen LogP contribution is 2.40. The molecule has 1 aromatic rings. The summed E-state index contributed by atoms with van der Waals surface area (Å²) in [4.78, 5) is 0. The Hall–Kier alpha value is -1.02. The zero-order valence-corrected chi connectivity index (χ0v) is 13.2. The highest BCUT2D eigenvalue weighted by atomic mass is 16.5. The Balaban J connectivity index is 1.96. The standard InChI is InChI=1S/C18H29NO/c1-4-5-6-7-8-11-18(3)13-16(19)15-12-14(2)9-10-17(15)20-18/h9-10,12,16H,4-8,11,13,19H2,1-3H3/t16-,18?/m0/s1. The molecule has 0 saturated carbocycles. The molecule has 2 N–H and O–H groups in total. The summed E-state index contributed by atoms with van der Waals surface area (Å²) in [5.74, 6) is 0.991. The molecule has 0 amide bonds. The number of hydrogen-bond acceptors (Lipinski definition) is 2. The van der Waals surface area contributed by atoms with E-state index in [0.29, 0.717) is 0 Å². The smallest absolute Gasteiger partial charge is 0.124 e. The van der Waals surface area contributed by atoms with E-state index in [-0.39, 0.29) is 11.6 Å². The Kier molecular flexibility index (Phi) is 5.09. The topological polar surface area (TPSA) is 35.2 Å². The molecule has 1 aromatic carbocycles. The molecule has 112 valence electrons. The van der Waals surface area contributed by atoms with Crippen molar-refractivity contribution in [2.45, 2.75) is 77.4 Å². The first-order chi connectivity index (χ1) is 9.54. The van der Waals surface area contributed by atoms with Crippen LogP contribution in [0, 0.1) is 6.92 Å². The van der Waals surface area contributed by atoms with E-state index >= 15 is 0 Å². The predicted molar refractivity (Wildman–Crippen MR) is 85.1 cm³/mol. The van der Waals surface area contributed by atoms with Gasteiger partial charge >= 0.3 is 0 Å². The van der Waals surface area contributed by atoms with Crippen LogP contribution in [0.4, 0.5) is 0 Å². The number of aryl methyl sites for hydroxylation is 1. The molecule has 1 unspecified atom stereocenters. The number of nitrogens with two attached hydrogens (primary N) is 1. The summed E-state index contributed by atoms with van der Waals surface area (Å²) < 4.78 is 6.27. The molecular formula is C18H29NO. The van der Waals surface area contributed by atoms with E-state index in [2.05, 4.69) is 39.0 Å². The summed E-state index contributed by atoms with van der Waals surface area (Å²) >= 11 is 0. The van der Waals surface area contributed by atoms with Crippen LogP contribution in [-0.4, -0.2) is 5.60 Å². The van der Waals surface area contributed by atoms with E-state index in [4.69, 9.17) is 10.5 Å². The molecule has 2 nitrogen and oxygen atoms in total. The van der Waals surface area contributed by atoms with Crippen LogP contribution < -0.4 is 10.5 Å². The van der Waals surface area contributed by atoms with Gasteiger partial charge in [0, 0.05) is 18.0 Å². The Labute approximate surface area is 123 Å². The molecule has 0 fully saturated rings. The second kappa shape index (κ2) is 6.62. The largest absolute Gasteiger partial charge is 0.487 e. The van der Waals surface area contributed by atoms with Gasteiger partial charge in [0.2, 0.25) is 0 Å². The van der Waals surface area contributed by atoms with Crippen molar-refractivity contribution in [1.29, 1.82) is 0 Å². The van der Waals surface area contributed by atoms with Crippen LogP contribution in [-0.2, 0) is 0 Å². The van der Waals surface area contributed by atoms with Crippen LogP contribution in [0.15, 0.2) is 18.2 Å². The molecule has 2 rings (SSSR count). The van der Waals surface area contributed by atoms with Crippen molar-refractivity contribution in [3.05, 3.63) is 29.3 Å². The predicted octanol–water partition coefficient (Wildman–Crippen LogP) is 4.90. The SMILES string of the molecule is CCCCCCCC1(C)C[C@H](N)c2cc(C)ccc2O1. The van der Waals surface area contributed by atoms with Crippen molar-refractivity contribution in [1.82, 2.24) is 0 Å². The Morgan fingerprint density at radius 3 is 2.75 bits per heavy atom. The van der Waals surface area contributed by atoms with Crippen LogP contribution in [0.3, 0.4) is 0 Å². The maximum absolute atomic E-state index is 6.36. The molecule has 20 heavy (non-hydrogen) atoms. The Morgan fingerprint density at radius 1 is 1.25 bits per heavy atom. The van der Waals surface area contributed by atoms with Gasteiger partial charge < -0.3 is 10.5 Å². The summed E-state index contributed by atoms with van der Waals surface area (Å²) in [6, 6.07) is 6.47. The number of hydrogen-bond donors (Lipinski definition) is 1. The third-order valence-electron chi connectivity index (χ3n) is 4.38. The molecule has 1 aliphatic heterocycles. The minimum absolute atomic E-state index is 0.0894. The second-order valence-electron chi connectivity index (χ2n) is 6.57. The number of ether oxygens (including phenoxy) is 1. The van der Waals surface area contributed by atoms with Crippen molar-refractivity contribution >= 4 is 0 Å². The van der Waals surface area contributed by atoms with Gasteiger partial charge in [-0.3, -0.25) is 0 Å². The molecule has 1 heterocycles. The molecule has 0 spiro atoms. The van der Waals surface area contributed by atoms with Crippen molar-refractivity contribution < 1.29 is 4.74 Å². The van der Waals surface area contributed by atoms with Crippen LogP contribution >= 0.6 is 0 Å². The van der Waals surface area contributed by atoms with E-state index in [9.17, 15) is 0 Å². The minimum Gasteiger partial charge on any atom is -0.487 e. The lowest BCUT2D eigenvalue weighted by atomic mass is 9.85. The first kappa shape index (κ1) is 15.4. The van der Waals surface area contributed by atoms with Gasteiger partial charge in [0.05, 0.1) is 0 Å². The fourth-order valence-corrected chi connectivity index (χ4v) is 3.19. The number of unbranched alkanes of at least 4 members (excludes halogenated alkanes) is 4. The van der Waals surface area contributed by atoms with Gasteiger partial charge in [0.25, 0.3) is 0 Å². The van der Waals surface area contributed by atoms with Crippen LogP contribution in [0.2, 0.25) is 0 Å². The van der Waals surface area contributed by atoms with Gasteiger partial charge in [0.15, 0.2) is 0 Å². The normalized spacial score (nSPS) is 25.1. The molecule has 1 aliphatic rings. The summed E-state index contributed by atoms with van der Waals surface area (Å²) in [5.41, 5.74) is 8.70. The van der Waals surface area contributed by atoms with E-state index < -0.39 is 0 Å². The maximum Gasteiger partial charge on any atom is 0.124 e. The third-order valence-corrected chi connectivity index (χ3v) is 4.38. The van der Waals surface area contributed by atoms with Gasteiger partial charge in [-0.25, -0.2) is 0 Å². The van der Waals surface area contributed by atoms with Gasteiger partial charge in [-0.2, -0.15) is 0 Å². The van der Waals surface area contributed by atoms with Crippen LogP contribution in [0.25, 0.3) is 0 Å². The van der Waals surface area contributed by atoms with Gasteiger partial charge in [-0.1, -0.05) is 50.3 Å². The summed E-state index contributed by atoms with van der Waals surface area (Å²) in [6.07, 6.45) is 8.57. The molecule has 2 atom stereocenters. The monoisotopic (exact) mass is 275 g/mol. The summed E-state index contributed by atoms with van der Waals surface area (Å²) in [7, 11) is 0. The Bertz CT molecular complexity index is 443. The van der Waals surface area contributed by atoms with Crippen molar-refractivity contribution in [3.8, 4) is 5.75 Å². The van der Waals surface area contributed by atoms with Crippen LogP contribution in [0.1, 0.15) is 76.0 Å². The van der Waals surface area contributed by atoms with E-state index in [1.54, 1.807) is 0 Å². The van der Waals surface area contributed by atoms with E-state index in [1.165, 1.54) is 43.2 Å². The van der Waals surface area contributed by atoms with Crippen LogP contribution in [0.5, 0.6) is 5.75 Å². The molecule has 0 radical (unpaired) electrons. The fraction of sp³-hybridized carbons (Fsp3) is 0.667. The molecule has 0 saturated heterocycles. The number of fused-ring (bicyclic) bond motifs is 1. The van der Waals surface area contributed by atoms with Crippen molar-refractivity contribution in [2.75, 3.05) is 0 Å². The van der Waals surface area contributed by atoms with Gasteiger partial charge in [0.1, 0.15) is 11.4 Å². The lowest BCUT2D eigenvalue weighted by Crippen LogP contribution is -2.40. The highest BCUT2D eigenvalue weighted by Gasteiger charge is 2.35. The lowest BCUT2D eigenvalue weighted by molar-refractivity contribution is 0.0429. The zero-order valence-electron chi connectivity index (χ0n) is 13.2. The summed E-state index contributed by atoms with van der Waals surface area (Å²) in [6.45, 7) is 6.58.